The van der Waals surface area contributed by atoms with Gasteiger partial charge in [0.05, 0.1) is 10.9 Å². The first-order chi connectivity index (χ1) is 13.2. The van der Waals surface area contributed by atoms with Crippen molar-refractivity contribution in [1.82, 2.24) is 10.2 Å². The lowest BCUT2D eigenvalue weighted by Gasteiger charge is -2.34. The SMILES string of the molecule is CC.CC.O=S(O)c1cccc(N2CC3CC2=CN3CC2CCNCC2)c1. The van der Waals surface area contributed by atoms with E-state index in [2.05, 4.69) is 21.3 Å². The van der Waals surface area contributed by atoms with Gasteiger partial charge in [-0.15, -0.1) is 0 Å². The number of nitrogens with one attached hydrogen (secondary N) is 1. The van der Waals surface area contributed by atoms with Crippen LogP contribution in [0.3, 0.4) is 0 Å². The molecule has 5 nitrogen and oxygen atoms in total. The normalized spacial score (nSPS) is 22.4. The quantitative estimate of drug-likeness (QED) is 0.756. The smallest absolute Gasteiger partial charge is 0.186 e. The Kier molecular flexibility index (Phi) is 8.80. The van der Waals surface area contributed by atoms with Crippen molar-refractivity contribution < 1.29 is 8.76 Å². The van der Waals surface area contributed by atoms with Crippen molar-refractivity contribution in [3.63, 3.8) is 0 Å². The van der Waals surface area contributed by atoms with Crippen LogP contribution in [0, 0.1) is 5.92 Å². The van der Waals surface area contributed by atoms with Crippen LogP contribution in [0.1, 0.15) is 47.0 Å². The Morgan fingerprint density at radius 1 is 1.19 bits per heavy atom. The molecule has 3 heterocycles. The van der Waals surface area contributed by atoms with Gasteiger partial charge in [0.15, 0.2) is 11.1 Å². The Balaban J connectivity index is 0.000000614. The summed E-state index contributed by atoms with van der Waals surface area (Å²) in [5, 5.41) is 3.43. The molecule has 2 N–H and O–H groups in total. The second kappa shape index (κ2) is 10.8. The third-order valence-electron chi connectivity index (χ3n) is 5.23. The molecule has 1 aromatic carbocycles. The molecule has 2 saturated heterocycles. The zero-order chi connectivity index (χ0) is 19.8. The molecule has 27 heavy (non-hydrogen) atoms. The number of piperidine rings is 1. The number of fused-ring (bicyclic) bond motifs is 2. The van der Waals surface area contributed by atoms with E-state index < -0.39 is 11.1 Å². The van der Waals surface area contributed by atoms with Gasteiger partial charge in [-0.3, -0.25) is 0 Å². The zero-order valence-corrected chi connectivity index (χ0v) is 18.0. The molecule has 0 aliphatic carbocycles. The average molecular weight is 394 g/mol. The van der Waals surface area contributed by atoms with Gasteiger partial charge in [-0.1, -0.05) is 33.8 Å². The van der Waals surface area contributed by atoms with Crippen LogP contribution < -0.4 is 10.2 Å². The second-order valence-corrected chi connectivity index (χ2v) is 7.70. The maximum atomic E-state index is 11.3. The highest BCUT2D eigenvalue weighted by atomic mass is 32.2. The fourth-order valence-electron chi connectivity index (χ4n) is 3.98. The van der Waals surface area contributed by atoms with E-state index in [1.807, 2.05) is 45.9 Å². The van der Waals surface area contributed by atoms with E-state index in [0.717, 1.165) is 37.7 Å². The second-order valence-electron chi connectivity index (χ2n) is 6.73. The number of anilines is 1. The van der Waals surface area contributed by atoms with Gasteiger partial charge in [-0.2, -0.15) is 0 Å². The minimum Gasteiger partial charge on any atom is -0.371 e. The van der Waals surface area contributed by atoms with Crippen LogP contribution in [0.25, 0.3) is 0 Å². The molecule has 0 aromatic heterocycles. The maximum absolute atomic E-state index is 11.3. The first-order valence-electron chi connectivity index (χ1n) is 10.4. The molecule has 0 radical (unpaired) electrons. The summed E-state index contributed by atoms with van der Waals surface area (Å²) in [6.07, 6.45) is 5.96. The van der Waals surface area contributed by atoms with Crippen molar-refractivity contribution in [2.75, 3.05) is 31.1 Å². The van der Waals surface area contributed by atoms with Crippen LogP contribution in [0.15, 0.2) is 41.1 Å². The maximum Gasteiger partial charge on any atom is 0.186 e. The van der Waals surface area contributed by atoms with Crippen LogP contribution >= 0.6 is 0 Å². The highest BCUT2D eigenvalue weighted by Crippen LogP contribution is 2.37. The van der Waals surface area contributed by atoms with Crippen LogP contribution in [0.2, 0.25) is 0 Å². The van der Waals surface area contributed by atoms with Crippen molar-refractivity contribution in [1.29, 1.82) is 0 Å². The van der Waals surface area contributed by atoms with Crippen LogP contribution in [-0.2, 0) is 11.1 Å². The Morgan fingerprint density at radius 2 is 1.89 bits per heavy atom. The van der Waals surface area contributed by atoms with E-state index in [1.165, 1.54) is 25.1 Å². The van der Waals surface area contributed by atoms with Crippen LogP contribution in [0.4, 0.5) is 5.69 Å². The average Bonchev–Trinajstić information content (AvgIpc) is 3.32. The number of hydrogen-bond donors (Lipinski definition) is 2. The summed E-state index contributed by atoms with van der Waals surface area (Å²) in [6, 6.07) is 7.97. The molecule has 1 aromatic rings. The number of nitrogens with zero attached hydrogens (tertiary/aromatic N) is 2. The summed E-state index contributed by atoms with van der Waals surface area (Å²) >= 11 is -1.92. The molecule has 2 atom stereocenters. The van der Waals surface area contributed by atoms with Crippen LogP contribution in [-0.4, -0.2) is 45.9 Å². The molecule has 0 amide bonds. The predicted octanol–water partition coefficient (Wildman–Crippen LogP) is 4.05. The van der Waals surface area contributed by atoms with E-state index in [4.69, 9.17) is 0 Å². The first kappa shape index (κ1) is 21.9. The monoisotopic (exact) mass is 393 g/mol. The standard InChI is InChI=1S/C17H23N3O2S.2C2H6/c21-23(22)17-3-1-2-14(9-17)20-12-15-8-16(20)11-19(15)10-13-4-6-18-7-5-13;2*1-2/h1-3,9,11,13,15,18H,4-8,10,12H2,(H,21,22);2*1-2H3. The van der Waals surface area contributed by atoms with E-state index in [-0.39, 0.29) is 0 Å². The fraction of sp³-hybridized carbons (Fsp3) is 0.619. The van der Waals surface area contributed by atoms with Gasteiger partial charge in [0, 0.05) is 37.1 Å². The van der Waals surface area contributed by atoms with Gasteiger partial charge in [0.25, 0.3) is 0 Å². The summed E-state index contributed by atoms with van der Waals surface area (Å²) < 4.78 is 20.5. The van der Waals surface area contributed by atoms with Crippen molar-refractivity contribution in [2.24, 2.45) is 5.92 Å². The van der Waals surface area contributed by atoms with E-state index in [1.54, 1.807) is 6.07 Å². The minimum absolute atomic E-state index is 0.470. The van der Waals surface area contributed by atoms with E-state index in [0.29, 0.717) is 10.9 Å². The van der Waals surface area contributed by atoms with Gasteiger partial charge in [0.1, 0.15) is 0 Å². The topological polar surface area (TPSA) is 55.8 Å². The largest absolute Gasteiger partial charge is 0.371 e. The van der Waals surface area contributed by atoms with Gasteiger partial charge in [-0.05, 0) is 50.0 Å². The summed E-state index contributed by atoms with van der Waals surface area (Å²) in [7, 11) is 0. The lowest BCUT2D eigenvalue weighted by Crippen LogP contribution is -2.41. The molecular formula is C21H35N3O2S. The molecule has 6 heteroatoms. The van der Waals surface area contributed by atoms with Crippen LogP contribution in [0.5, 0.6) is 0 Å². The fourth-order valence-corrected chi connectivity index (χ4v) is 4.40. The summed E-state index contributed by atoms with van der Waals surface area (Å²) in [5.41, 5.74) is 2.37. The highest BCUT2D eigenvalue weighted by Gasteiger charge is 2.37. The molecule has 3 aliphatic heterocycles. The van der Waals surface area contributed by atoms with E-state index in [9.17, 15) is 8.76 Å². The molecule has 4 rings (SSSR count). The summed E-state index contributed by atoms with van der Waals surface area (Å²) in [6.45, 7) is 12.5. The van der Waals surface area contributed by atoms with Crippen molar-refractivity contribution in [3.05, 3.63) is 36.2 Å². The third-order valence-corrected chi connectivity index (χ3v) is 5.88. The van der Waals surface area contributed by atoms with Gasteiger partial charge in [-0.25, -0.2) is 4.21 Å². The molecular weight excluding hydrogens is 358 g/mol. The van der Waals surface area contributed by atoms with E-state index >= 15 is 0 Å². The molecule has 3 aliphatic rings. The number of hydrogen-bond acceptors (Lipinski definition) is 4. The van der Waals surface area contributed by atoms with Gasteiger partial charge >= 0.3 is 0 Å². The lowest BCUT2D eigenvalue weighted by molar-refractivity contribution is 0.229. The predicted molar refractivity (Wildman–Crippen MR) is 114 cm³/mol. The molecule has 2 fully saturated rings. The van der Waals surface area contributed by atoms with Gasteiger partial charge in [0.2, 0.25) is 0 Å². The Bertz CT molecular complexity index is 644. The number of rotatable bonds is 4. The Labute approximate surface area is 167 Å². The summed E-state index contributed by atoms with van der Waals surface area (Å²) in [4.78, 5) is 5.29. The molecule has 152 valence electrons. The Morgan fingerprint density at radius 3 is 2.48 bits per heavy atom. The van der Waals surface area contributed by atoms with Crippen molar-refractivity contribution >= 4 is 16.8 Å². The van der Waals surface area contributed by atoms with Gasteiger partial charge < -0.3 is 19.7 Å². The first-order valence-corrected chi connectivity index (χ1v) is 11.5. The minimum atomic E-state index is -1.92. The molecule has 0 spiro atoms. The molecule has 2 unspecified atom stereocenters. The van der Waals surface area contributed by atoms with Crippen molar-refractivity contribution in [3.8, 4) is 0 Å². The Hall–Kier alpha value is -1.37. The summed E-state index contributed by atoms with van der Waals surface area (Å²) in [5.74, 6) is 0.807. The van der Waals surface area contributed by atoms with Crippen molar-refractivity contribution in [2.45, 2.75) is 57.9 Å². The molecule has 0 saturated carbocycles. The highest BCUT2D eigenvalue weighted by molar-refractivity contribution is 7.79. The zero-order valence-electron chi connectivity index (χ0n) is 17.1. The number of benzene rings is 1. The molecule has 2 bridgehead atoms. The lowest BCUT2D eigenvalue weighted by atomic mass is 9.97. The third kappa shape index (κ3) is 5.33.